The van der Waals surface area contributed by atoms with Crippen LogP contribution in [0.2, 0.25) is 0 Å². The Kier molecular flexibility index (Phi) is 6.07. The zero-order valence-electron chi connectivity index (χ0n) is 16.5. The minimum Gasteiger partial charge on any atom is -0.493 e. The predicted octanol–water partition coefficient (Wildman–Crippen LogP) is 4.83. The van der Waals surface area contributed by atoms with Crippen molar-refractivity contribution >= 4 is 11.0 Å². The third kappa shape index (κ3) is 4.28. The summed E-state index contributed by atoms with van der Waals surface area (Å²) in [4.78, 5) is 7.43. The van der Waals surface area contributed by atoms with Gasteiger partial charge in [-0.05, 0) is 62.5 Å². The lowest BCUT2D eigenvalue weighted by atomic mass is 10.1. The molecule has 2 heterocycles. The molecule has 4 nitrogen and oxygen atoms in total. The van der Waals surface area contributed by atoms with Crippen LogP contribution in [0.4, 0.5) is 0 Å². The number of para-hydroxylation sites is 3. The third-order valence-electron chi connectivity index (χ3n) is 5.42. The van der Waals surface area contributed by atoms with Gasteiger partial charge < -0.3 is 9.30 Å². The van der Waals surface area contributed by atoms with Gasteiger partial charge in [0.25, 0.3) is 0 Å². The minimum absolute atomic E-state index is 0.698. The molecule has 0 spiro atoms. The van der Waals surface area contributed by atoms with Crippen LogP contribution in [0.25, 0.3) is 11.0 Å². The second-order valence-corrected chi connectivity index (χ2v) is 7.45. The molecule has 0 amide bonds. The maximum atomic E-state index is 6.08. The van der Waals surface area contributed by atoms with Crippen LogP contribution in [0.1, 0.15) is 30.7 Å². The molecule has 146 valence electrons. The van der Waals surface area contributed by atoms with Gasteiger partial charge >= 0.3 is 0 Å². The topological polar surface area (TPSA) is 30.3 Å². The number of allylic oxidation sites excluding steroid dienone is 1. The zero-order chi connectivity index (χ0) is 19.2. The molecule has 0 unspecified atom stereocenters. The summed E-state index contributed by atoms with van der Waals surface area (Å²) in [6.07, 6.45) is 6.32. The summed E-state index contributed by atoms with van der Waals surface area (Å²) in [5, 5.41) is 0. The first kappa shape index (κ1) is 18.8. The van der Waals surface area contributed by atoms with Crippen molar-refractivity contribution in [2.75, 3.05) is 19.7 Å². The molecule has 1 aromatic heterocycles. The highest BCUT2D eigenvalue weighted by atomic mass is 16.5. The number of imidazole rings is 1. The maximum Gasteiger partial charge on any atom is 0.124 e. The molecule has 1 saturated heterocycles. The van der Waals surface area contributed by atoms with E-state index in [9.17, 15) is 0 Å². The van der Waals surface area contributed by atoms with Crippen LogP contribution in [0.15, 0.2) is 61.2 Å². The number of hydrogen-bond donors (Lipinski definition) is 0. The van der Waals surface area contributed by atoms with Gasteiger partial charge in [-0.1, -0.05) is 36.4 Å². The number of aryl methyl sites for hydroxylation is 1. The molecule has 3 aromatic rings. The number of nitrogens with zero attached hydrogens (tertiary/aromatic N) is 3. The number of aromatic nitrogens is 2. The van der Waals surface area contributed by atoms with E-state index in [0.29, 0.717) is 6.61 Å². The fraction of sp³-hybridized carbons (Fsp3) is 0.375. The van der Waals surface area contributed by atoms with Gasteiger partial charge in [-0.15, -0.1) is 6.58 Å². The van der Waals surface area contributed by atoms with Crippen LogP contribution in [0, 0.1) is 0 Å². The Bertz CT molecular complexity index is 924. The number of likely N-dealkylation sites (tertiary alicyclic amines) is 1. The lowest BCUT2D eigenvalue weighted by Gasteiger charge is -2.16. The van der Waals surface area contributed by atoms with Crippen LogP contribution in [-0.2, 0) is 19.5 Å². The molecular formula is C24H29N3O. The third-order valence-corrected chi connectivity index (χ3v) is 5.42. The van der Waals surface area contributed by atoms with Crippen molar-refractivity contribution in [2.45, 2.75) is 38.8 Å². The van der Waals surface area contributed by atoms with Crippen LogP contribution in [0.3, 0.4) is 0 Å². The minimum atomic E-state index is 0.698. The van der Waals surface area contributed by atoms with Gasteiger partial charge in [0.2, 0.25) is 0 Å². The van der Waals surface area contributed by atoms with Crippen LogP contribution >= 0.6 is 0 Å². The molecule has 0 N–H and O–H groups in total. The Morgan fingerprint density at radius 3 is 2.68 bits per heavy atom. The molecule has 4 rings (SSSR count). The Morgan fingerprint density at radius 2 is 1.82 bits per heavy atom. The van der Waals surface area contributed by atoms with Crippen molar-refractivity contribution < 1.29 is 4.74 Å². The van der Waals surface area contributed by atoms with Crippen molar-refractivity contribution in [3.05, 3.63) is 72.6 Å². The maximum absolute atomic E-state index is 6.08. The Balaban J connectivity index is 1.43. The fourth-order valence-corrected chi connectivity index (χ4v) is 4.01. The highest BCUT2D eigenvalue weighted by Gasteiger charge is 2.17. The van der Waals surface area contributed by atoms with Crippen molar-refractivity contribution in [1.29, 1.82) is 0 Å². The average molecular weight is 376 g/mol. The summed E-state index contributed by atoms with van der Waals surface area (Å²) in [6, 6.07) is 16.7. The lowest BCUT2D eigenvalue weighted by Crippen LogP contribution is -2.21. The zero-order valence-corrected chi connectivity index (χ0v) is 16.5. The van der Waals surface area contributed by atoms with E-state index in [0.717, 1.165) is 37.2 Å². The molecule has 0 radical (unpaired) electrons. The number of hydrogen-bond acceptors (Lipinski definition) is 3. The normalized spacial score (nSPS) is 14.6. The van der Waals surface area contributed by atoms with E-state index in [2.05, 4.69) is 46.4 Å². The number of fused-ring (bicyclic) bond motifs is 1. The van der Waals surface area contributed by atoms with Gasteiger partial charge in [0.15, 0.2) is 0 Å². The van der Waals surface area contributed by atoms with Crippen LogP contribution in [-0.4, -0.2) is 34.1 Å². The van der Waals surface area contributed by atoms with E-state index >= 15 is 0 Å². The molecule has 0 atom stereocenters. The molecule has 1 fully saturated rings. The van der Waals surface area contributed by atoms with E-state index < -0.39 is 0 Å². The van der Waals surface area contributed by atoms with Gasteiger partial charge in [-0.3, -0.25) is 4.90 Å². The van der Waals surface area contributed by atoms with Crippen LogP contribution < -0.4 is 4.74 Å². The van der Waals surface area contributed by atoms with E-state index in [4.69, 9.17) is 9.72 Å². The molecule has 0 aliphatic carbocycles. The number of benzene rings is 2. The Hall–Kier alpha value is -2.59. The van der Waals surface area contributed by atoms with E-state index in [1.165, 1.54) is 42.8 Å². The summed E-state index contributed by atoms with van der Waals surface area (Å²) in [5.74, 6) is 2.14. The van der Waals surface area contributed by atoms with Crippen molar-refractivity contribution in [1.82, 2.24) is 14.5 Å². The Labute approximate surface area is 167 Å². The number of ether oxygens (including phenoxy) is 1. The summed E-state index contributed by atoms with van der Waals surface area (Å²) in [7, 11) is 0. The standard InChI is InChI=1S/C24H29N3O/c1-2-10-20-11-3-6-14-23(20)28-18-9-17-27-22-13-5-4-12-21(22)25-24(27)19-26-15-7-8-16-26/h2-6,11-14H,1,7-10,15-19H2. The molecule has 2 aromatic carbocycles. The van der Waals surface area contributed by atoms with Crippen molar-refractivity contribution in [2.24, 2.45) is 0 Å². The molecule has 1 aliphatic heterocycles. The largest absolute Gasteiger partial charge is 0.493 e. The second kappa shape index (κ2) is 9.07. The summed E-state index contributed by atoms with van der Waals surface area (Å²) >= 11 is 0. The first-order valence-corrected chi connectivity index (χ1v) is 10.3. The van der Waals surface area contributed by atoms with Crippen LogP contribution in [0.5, 0.6) is 5.75 Å². The SMILES string of the molecule is C=CCc1ccccc1OCCCn1c(CN2CCCC2)nc2ccccc21. The second-order valence-electron chi connectivity index (χ2n) is 7.45. The Morgan fingerprint density at radius 1 is 1.04 bits per heavy atom. The van der Waals surface area contributed by atoms with Gasteiger partial charge in [0.05, 0.1) is 24.2 Å². The quantitative estimate of drug-likeness (QED) is 0.396. The summed E-state index contributed by atoms with van der Waals surface area (Å²) < 4.78 is 8.46. The van der Waals surface area contributed by atoms with E-state index in [1.807, 2.05) is 24.3 Å². The van der Waals surface area contributed by atoms with Crippen molar-refractivity contribution in [3.8, 4) is 5.75 Å². The summed E-state index contributed by atoms with van der Waals surface area (Å²) in [6.45, 7) is 8.78. The predicted molar refractivity (Wildman–Crippen MR) is 115 cm³/mol. The molecule has 0 bridgehead atoms. The molecule has 0 saturated carbocycles. The highest BCUT2D eigenvalue weighted by Crippen LogP contribution is 2.21. The monoisotopic (exact) mass is 375 g/mol. The molecule has 4 heteroatoms. The number of rotatable bonds is 9. The highest BCUT2D eigenvalue weighted by molar-refractivity contribution is 5.75. The van der Waals surface area contributed by atoms with Crippen molar-refractivity contribution in [3.63, 3.8) is 0 Å². The smallest absolute Gasteiger partial charge is 0.124 e. The van der Waals surface area contributed by atoms with Gasteiger partial charge in [-0.2, -0.15) is 0 Å². The van der Waals surface area contributed by atoms with Gasteiger partial charge in [-0.25, -0.2) is 4.98 Å². The molecule has 28 heavy (non-hydrogen) atoms. The van der Waals surface area contributed by atoms with E-state index in [1.54, 1.807) is 0 Å². The summed E-state index contributed by atoms with van der Waals surface area (Å²) in [5.41, 5.74) is 3.51. The van der Waals surface area contributed by atoms with E-state index in [-0.39, 0.29) is 0 Å². The first-order valence-electron chi connectivity index (χ1n) is 10.3. The first-order chi connectivity index (χ1) is 13.8. The molecule has 1 aliphatic rings. The average Bonchev–Trinajstić information content (AvgIpc) is 3.35. The lowest BCUT2D eigenvalue weighted by molar-refractivity contribution is 0.292. The molecular weight excluding hydrogens is 346 g/mol. The fourth-order valence-electron chi connectivity index (χ4n) is 4.01. The van der Waals surface area contributed by atoms with Gasteiger partial charge in [0.1, 0.15) is 11.6 Å². The van der Waals surface area contributed by atoms with Gasteiger partial charge in [0, 0.05) is 6.54 Å².